The molecule has 5 rings (SSSR count). The quantitative estimate of drug-likeness (QED) is 0.272. The Balaban J connectivity index is 1.50. The molecule has 0 aliphatic carbocycles. The van der Waals surface area contributed by atoms with E-state index in [1.807, 2.05) is 42.5 Å². The van der Waals surface area contributed by atoms with Gasteiger partial charge in [-0.05, 0) is 43.7 Å². The van der Waals surface area contributed by atoms with Gasteiger partial charge in [0.25, 0.3) is 0 Å². The van der Waals surface area contributed by atoms with Crippen molar-refractivity contribution in [1.82, 2.24) is 15.2 Å². The van der Waals surface area contributed by atoms with E-state index in [1.54, 1.807) is 19.2 Å². The van der Waals surface area contributed by atoms with E-state index in [0.29, 0.717) is 33.8 Å². The first kappa shape index (κ1) is 24.8. The Morgan fingerprint density at radius 3 is 2.59 bits per heavy atom. The second kappa shape index (κ2) is 11.0. The number of anilines is 2. The molecule has 0 amide bonds. The van der Waals surface area contributed by atoms with E-state index in [4.69, 9.17) is 9.47 Å². The number of hydrogen-bond donors (Lipinski definition) is 1. The number of nitrogens with zero attached hydrogens (tertiary/aromatic N) is 4. The van der Waals surface area contributed by atoms with Crippen LogP contribution in [0.25, 0.3) is 11.3 Å². The molecule has 7 nitrogen and oxygen atoms in total. The first-order valence-electron chi connectivity index (χ1n) is 12.2. The van der Waals surface area contributed by atoms with Crippen molar-refractivity contribution in [3.05, 3.63) is 83.7 Å². The number of ether oxygens (including phenoxy) is 2. The van der Waals surface area contributed by atoms with Crippen molar-refractivity contribution in [2.45, 2.75) is 31.0 Å². The number of methoxy groups -OCH3 is 1. The standard InChI is InChI=1S/C28H28FN5O2S/c1-4-34(5-2)19-14-15-21(24(16-19)35-3)26-30-23-13-9-7-11-20(23)25-27(36-26)31-28(33-32-25)37-17-18-10-6-8-12-22(18)29/h6-16,26,30H,4-5,17H2,1-3H3/t26-/m1/s1. The van der Waals surface area contributed by atoms with E-state index in [2.05, 4.69) is 45.3 Å². The average molecular weight is 518 g/mol. The second-order valence-electron chi connectivity index (χ2n) is 8.41. The molecule has 0 unspecified atom stereocenters. The van der Waals surface area contributed by atoms with Crippen molar-refractivity contribution in [1.29, 1.82) is 0 Å². The van der Waals surface area contributed by atoms with Crippen LogP contribution >= 0.6 is 11.8 Å². The smallest absolute Gasteiger partial charge is 0.247 e. The number of thioether (sulfide) groups is 1. The van der Waals surface area contributed by atoms with Crippen LogP contribution in [-0.4, -0.2) is 35.4 Å². The van der Waals surface area contributed by atoms with Crippen LogP contribution < -0.4 is 19.7 Å². The topological polar surface area (TPSA) is 72.4 Å². The fourth-order valence-electron chi connectivity index (χ4n) is 4.31. The third-order valence-corrected chi connectivity index (χ3v) is 7.16. The molecule has 1 aliphatic heterocycles. The van der Waals surface area contributed by atoms with Gasteiger partial charge in [0.05, 0.1) is 12.7 Å². The molecule has 0 saturated heterocycles. The number of nitrogens with one attached hydrogen (secondary N) is 1. The van der Waals surface area contributed by atoms with Gasteiger partial charge in [-0.3, -0.25) is 0 Å². The summed E-state index contributed by atoms with van der Waals surface area (Å²) in [6.45, 7) is 6.05. The Morgan fingerprint density at radius 2 is 1.81 bits per heavy atom. The van der Waals surface area contributed by atoms with Gasteiger partial charge in [0, 0.05) is 41.8 Å². The number of halogens is 1. The molecule has 2 heterocycles. The number of aromatic nitrogens is 3. The molecule has 4 aromatic rings. The minimum Gasteiger partial charge on any atom is -0.496 e. The van der Waals surface area contributed by atoms with Gasteiger partial charge in [0.15, 0.2) is 5.69 Å². The number of hydrogen-bond acceptors (Lipinski definition) is 8. The molecule has 1 aliphatic rings. The van der Waals surface area contributed by atoms with Crippen molar-refractivity contribution in [2.24, 2.45) is 0 Å². The van der Waals surface area contributed by atoms with E-state index in [-0.39, 0.29) is 5.82 Å². The van der Waals surface area contributed by atoms with Gasteiger partial charge in [-0.1, -0.05) is 48.2 Å². The molecule has 0 radical (unpaired) electrons. The third-order valence-electron chi connectivity index (χ3n) is 6.28. The van der Waals surface area contributed by atoms with Crippen LogP contribution in [0.1, 0.15) is 31.2 Å². The number of rotatable bonds is 8. The van der Waals surface area contributed by atoms with E-state index >= 15 is 0 Å². The van der Waals surface area contributed by atoms with Gasteiger partial charge in [0.1, 0.15) is 11.6 Å². The lowest BCUT2D eigenvalue weighted by Gasteiger charge is -2.25. The minimum atomic E-state index is -0.579. The number of para-hydroxylation sites is 1. The largest absolute Gasteiger partial charge is 0.496 e. The van der Waals surface area contributed by atoms with E-state index < -0.39 is 6.23 Å². The zero-order valence-corrected chi connectivity index (χ0v) is 21.8. The van der Waals surface area contributed by atoms with Crippen LogP contribution in [-0.2, 0) is 5.75 Å². The van der Waals surface area contributed by atoms with E-state index in [0.717, 1.165) is 35.6 Å². The lowest BCUT2D eigenvalue weighted by molar-refractivity contribution is 0.220. The molecule has 9 heteroatoms. The van der Waals surface area contributed by atoms with Gasteiger partial charge in [0.2, 0.25) is 17.3 Å². The van der Waals surface area contributed by atoms with Crippen LogP contribution in [0.4, 0.5) is 15.8 Å². The summed E-state index contributed by atoms with van der Waals surface area (Å²) in [5, 5.41) is 12.6. The summed E-state index contributed by atoms with van der Waals surface area (Å²) in [4.78, 5) is 6.93. The number of benzene rings is 3. The first-order chi connectivity index (χ1) is 18.1. The molecule has 0 bridgehead atoms. The fourth-order valence-corrected chi connectivity index (χ4v) is 5.07. The van der Waals surface area contributed by atoms with Gasteiger partial charge < -0.3 is 19.7 Å². The molecule has 0 fully saturated rings. The second-order valence-corrected chi connectivity index (χ2v) is 9.36. The Hall–Kier alpha value is -3.85. The Labute approximate surface area is 220 Å². The van der Waals surface area contributed by atoms with Crippen LogP contribution in [0.15, 0.2) is 71.9 Å². The average Bonchev–Trinajstić information content (AvgIpc) is 3.09. The van der Waals surface area contributed by atoms with Crippen LogP contribution in [0, 0.1) is 5.82 Å². The van der Waals surface area contributed by atoms with Crippen LogP contribution in [0.2, 0.25) is 0 Å². The minimum absolute atomic E-state index is 0.257. The SMILES string of the molecule is CCN(CC)c1ccc([C@@H]2Nc3ccccc3-c3nnc(SCc4ccccc4F)nc3O2)c(OC)c1. The maximum atomic E-state index is 14.1. The molecule has 1 aromatic heterocycles. The van der Waals surface area contributed by atoms with Crippen molar-refractivity contribution in [2.75, 3.05) is 30.4 Å². The highest BCUT2D eigenvalue weighted by Crippen LogP contribution is 2.42. The molecule has 0 saturated carbocycles. The van der Waals surface area contributed by atoms with E-state index in [1.165, 1.54) is 17.8 Å². The van der Waals surface area contributed by atoms with Gasteiger partial charge in [-0.25, -0.2) is 4.39 Å². The Bertz CT molecular complexity index is 1400. The fraction of sp³-hybridized carbons (Fsp3) is 0.250. The summed E-state index contributed by atoms with van der Waals surface area (Å²) in [6.07, 6.45) is -0.579. The summed E-state index contributed by atoms with van der Waals surface area (Å²) in [5.74, 6) is 1.18. The maximum absolute atomic E-state index is 14.1. The summed E-state index contributed by atoms with van der Waals surface area (Å²) in [5.41, 5.74) is 4.72. The van der Waals surface area contributed by atoms with Crippen LogP contribution in [0.5, 0.6) is 11.6 Å². The molecule has 190 valence electrons. The molecular formula is C28H28FN5O2S. The predicted octanol–water partition coefficient (Wildman–Crippen LogP) is 6.33. The van der Waals surface area contributed by atoms with Gasteiger partial charge in [-0.2, -0.15) is 4.98 Å². The maximum Gasteiger partial charge on any atom is 0.247 e. The predicted molar refractivity (Wildman–Crippen MR) is 145 cm³/mol. The summed E-state index contributed by atoms with van der Waals surface area (Å²) < 4.78 is 26.3. The Kier molecular flexibility index (Phi) is 7.41. The molecule has 3 aromatic carbocycles. The highest BCUT2D eigenvalue weighted by atomic mass is 32.2. The van der Waals surface area contributed by atoms with Crippen molar-refractivity contribution < 1.29 is 13.9 Å². The lowest BCUT2D eigenvalue weighted by Crippen LogP contribution is -2.22. The highest BCUT2D eigenvalue weighted by molar-refractivity contribution is 7.98. The zero-order chi connectivity index (χ0) is 25.8. The molecule has 1 N–H and O–H groups in total. The highest BCUT2D eigenvalue weighted by Gasteiger charge is 2.28. The monoisotopic (exact) mass is 517 g/mol. The molecule has 0 spiro atoms. The van der Waals surface area contributed by atoms with Gasteiger partial charge >= 0.3 is 0 Å². The summed E-state index contributed by atoms with van der Waals surface area (Å²) in [6, 6.07) is 20.6. The molecular weight excluding hydrogens is 489 g/mol. The Morgan fingerprint density at radius 1 is 1.03 bits per heavy atom. The lowest BCUT2D eigenvalue weighted by atomic mass is 10.1. The third kappa shape index (κ3) is 5.17. The zero-order valence-electron chi connectivity index (χ0n) is 20.9. The van der Waals surface area contributed by atoms with Crippen molar-refractivity contribution in [3.63, 3.8) is 0 Å². The van der Waals surface area contributed by atoms with Crippen LogP contribution in [0.3, 0.4) is 0 Å². The first-order valence-corrected chi connectivity index (χ1v) is 13.2. The van der Waals surface area contributed by atoms with Gasteiger partial charge in [-0.15, -0.1) is 10.2 Å². The molecule has 37 heavy (non-hydrogen) atoms. The van der Waals surface area contributed by atoms with Crippen molar-refractivity contribution in [3.8, 4) is 22.9 Å². The number of fused-ring (bicyclic) bond motifs is 3. The summed E-state index contributed by atoms with van der Waals surface area (Å²) in [7, 11) is 1.66. The normalized spacial score (nSPS) is 14.0. The molecule has 1 atom stereocenters. The van der Waals surface area contributed by atoms with Crippen molar-refractivity contribution >= 4 is 23.1 Å². The van der Waals surface area contributed by atoms with E-state index in [9.17, 15) is 4.39 Å². The summed E-state index contributed by atoms with van der Waals surface area (Å²) >= 11 is 1.31.